The number of halogens is 1. The van der Waals surface area contributed by atoms with Gasteiger partial charge in [-0.3, -0.25) is 9.36 Å². The van der Waals surface area contributed by atoms with Crippen molar-refractivity contribution >= 4 is 17.5 Å². The molecule has 4 aromatic rings. The van der Waals surface area contributed by atoms with Crippen molar-refractivity contribution in [2.45, 2.75) is 24.9 Å². The largest absolute Gasteiger partial charge is 0.356 e. The molecule has 2 fully saturated rings. The molecule has 1 N–H and O–H groups in total. The quantitative estimate of drug-likeness (QED) is 0.525. The van der Waals surface area contributed by atoms with E-state index in [9.17, 15) is 4.79 Å². The van der Waals surface area contributed by atoms with Crippen LogP contribution in [-0.4, -0.2) is 30.9 Å². The van der Waals surface area contributed by atoms with Gasteiger partial charge in [0.1, 0.15) is 5.69 Å². The van der Waals surface area contributed by atoms with Gasteiger partial charge in [0.05, 0.1) is 6.04 Å². The number of anilines is 1. The van der Waals surface area contributed by atoms with E-state index in [4.69, 9.17) is 16.1 Å². The molecule has 3 atom stereocenters. The normalized spacial score (nSPS) is 22.0. The Morgan fingerprint density at radius 1 is 1.13 bits per heavy atom. The highest BCUT2D eigenvalue weighted by Crippen LogP contribution is 2.54. The van der Waals surface area contributed by atoms with E-state index in [2.05, 4.69) is 25.2 Å². The minimum Gasteiger partial charge on any atom is -0.356 e. The average Bonchev–Trinajstić information content (AvgIpc) is 3.09. The van der Waals surface area contributed by atoms with E-state index in [1.807, 2.05) is 48.0 Å². The molecule has 31 heavy (non-hydrogen) atoms. The number of fused-ring (bicyclic) bond motifs is 1. The fourth-order valence-corrected chi connectivity index (χ4v) is 4.80. The highest BCUT2D eigenvalue weighted by Gasteiger charge is 2.54. The van der Waals surface area contributed by atoms with Gasteiger partial charge in [0.2, 0.25) is 11.5 Å². The number of rotatable bonds is 4. The van der Waals surface area contributed by atoms with E-state index < -0.39 is 0 Å². The van der Waals surface area contributed by atoms with Gasteiger partial charge in [0.15, 0.2) is 11.6 Å². The van der Waals surface area contributed by atoms with Crippen LogP contribution in [0.25, 0.3) is 22.7 Å². The summed E-state index contributed by atoms with van der Waals surface area (Å²) in [5.41, 5.74) is 2.34. The lowest BCUT2D eigenvalue weighted by Crippen LogP contribution is -2.29. The summed E-state index contributed by atoms with van der Waals surface area (Å²) in [6, 6.07) is 13.4. The Kier molecular flexibility index (Phi) is 4.04. The molecule has 9 heteroatoms. The van der Waals surface area contributed by atoms with Gasteiger partial charge >= 0.3 is 0 Å². The molecule has 1 aliphatic carbocycles. The Labute approximate surface area is 182 Å². The number of nitrogens with zero attached hydrogens (tertiary/aromatic N) is 5. The lowest BCUT2D eigenvalue weighted by Gasteiger charge is -2.26. The molecule has 0 bridgehead atoms. The fourth-order valence-electron chi connectivity index (χ4n) is 4.61. The van der Waals surface area contributed by atoms with Crippen molar-refractivity contribution in [3.05, 3.63) is 69.7 Å². The molecule has 6 rings (SSSR count). The molecule has 1 aliphatic heterocycles. The second-order valence-electron chi connectivity index (χ2n) is 8.17. The Hall–Kier alpha value is -3.39. The summed E-state index contributed by atoms with van der Waals surface area (Å²) in [5.74, 6) is 2.75. The van der Waals surface area contributed by atoms with Gasteiger partial charge in [-0.05, 0) is 37.0 Å². The van der Waals surface area contributed by atoms with E-state index in [0.717, 1.165) is 35.6 Å². The monoisotopic (exact) mass is 434 g/mol. The Bertz CT molecular complexity index is 1340. The van der Waals surface area contributed by atoms with Gasteiger partial charge < -0.3 is 14.4 Å². The molecule has 1 saturated carbocycles. The SMILES string of the molecule is Cn1c(-c2cc[nH]c(=O)c2)nnc1N1[C@@H](c2cc(-c3cccc(Cl)c3)on2)C[C@H]2C[C@H]21. The smallest absolute Gasteiger partial charge is 0.248 e. The van der Waals surface area contributed by atoms with Crippen LogP contribution in [0.5, 0.6) is 0 Å². The lowest BCUT2D eigenvalue weighted by atomic mass is 10.1. The summed E-state index contributed by atoms with van der Waals surface area (Å²) < 4.78 is 7.60. The van der Waals surface area contributed by atoms with Crippen molar-refractivity contribution in [1.29, 1.82) is 0 Å². The van der Waals surface area contributed by atoms with Crippen LogP contribution in [0, 0.1) is 5.92 Å². The fraction of sp³-hybridized carbons (Fsp3) is 0.273. The van der Waals surface area contributed by atoms with Gasteiger partial charge in [-0.1, -0.05) is 28.9 Å². The van der Waals surface area contributed by atoms with Gasteiger partial charge in [-0.2, -0.15) is 0 Å². The Morgan fingerprint density at radius 2 is 2.03 bits per heavy atom. The van der Waals surface area contributed by atoms with Crippen molar-refractivity contribution < 1.29 is 4.52 Å². The summed E-state index contributed by atoms with van der Waals surface area (Å²) in [4.78, 5) is 16.7. The van der Waals surface area contributed by atoms with E-state index in [0.29, 0.717) is 28.6 Å². The second kappa shape index (κ2) is 6.81. The predicted octanol–water partition coefficient (Wildman–Crippen LogP) is 3.82. The molecular weight excluding hydrogens is 416 g/mol. The maximum atomic E-state index is 11.7. The van der Waals surface area contributed by atoms with Crippen molar-refractivity contribution in [2.24, 2.45) is 13.0 Å². The first-order valence-electron chi connectivity index (χ1n) is 10.2. The minimum absolute atomic E-state index is 0.0651. The summed E-state index contributed by atoms with van der Waals surface area (Å²) in [6.07, 6.45) is 3.76. The molecule has 8 nitrogen and oxygen atoms in total. The van der Waals surface area contributed by atoms with Gasteiger partial charge in [-0.15, -0.1) is 10.2 Å². The molecule has 4 heterocycles. The van der Waals surface area contributed by atoms with Gasteiger partial charge in [0, 0.05) is 47.6 Å². The third kappa shape index (κ3) is 3.06. The van der Waals surface area contributed by atoms with Crippen LogP contribution in [-0.2, 0) is 7.05 Å². The number of aromatic nitrogens is 5. The molecule has 1 saturated heterocycles. The van der Waals surface area contributed by atoms with Crippen molar-refractivity contribution in [1.82, 2.24) is 24.9 Å². The Balaban J connectivity index is 1.35. The summed E-state index contributed by atoms with van der Waals surface area (Å²) in [5, 5.41) is 13.9. The molecule has 156 valence electrons. The number of hydrogen-bond donors (Lipinski definition) is 1. The van der Waals surface area contributed by atoms with Crippen LogP contribution in [0.4, 0.5) is 5.95 Å². The van der Waals surface area contributed by atoms with Gasteiger partial charge in [-0.25, -0.2) is 0 Å². The zero-order valence-electron chi connectivity index (χ0n) is 16.7. The van der Waals surface area contributed by atoms with Crippen LogP contribution in [0.2, 0.25) is 5.02 Å². The van der Waals surface area contributed by atoms with E-state index in [1.165, 1.54) is 6.07 Å². The average molecular weight is 435 g/mol. The number of piperidine rings is 1. The van der Waals surface area contributed by atoms with Gasteiger partial charge in [0.25, 0.3) is 0 Å². The molecule has 0 radical (unpaired) electrons. The predicted molar refractivity (Wildman–Crippen MR) is 116 cm³/mol. The highest BCUT2D eigenvalue weighted by molar-refractivity contribution is 6.30. The number of aromatic amines is 1. The number of pyridine rings is 1. The minimum atomic E-state index is -0.167. The molecular formula is C22H19ClN6O2. The first-order valence-corrected chi connectivity index (χ1v) is 10.6. The zero-order valence-corrected chi connectivity index (χ0v) is 17.5. The number of nitrogens with one attached hydrogen (secondary N) is 1. The first-order chi connectivity index (χ1) is 15.1. The molecule has 2 aliphatic rings. The number of hydrogen-bond acceptors (Lipinski definition) is 6. The molecule has 3 aromatic heterocycles. The summed E-state index contributed by atoms with van der Waals surface area (Å²) in [6.45, 7) is 0. The third-order valence-corrected chi connectivity index (χ3v) is 6.43. The van der Waals surface area contributed by atoms with Crippen molar-refractivity contribution in [3.8, 4) is 22.7 Å². The van der Waals surface area contributed by atoms with Crippen LogP contribution in [0.3, 0.4) is 0 Å². The second-order valence-corrected chi connectivity index (χ2v) is 8.61. The summed E-state index contributed by atoms with van der Waals surface area (Å²) in [7, 11) is 1.93. The standard InChI is InChI=1S/C22H19ClN6O2/c1-28-21(13-5-6-24-20(30)10-13)25-26-22(28)29-17-8-14(17)9-18(29)16-11-19(31-27-16)12-3-2-4-15(23)7-12/h2-7,10-11,14,17-18H,8-9H2,1H3,(H,24,30)/t14-,17-,18-/m1/s1. The van der Waals surface area contributed by atoms with Crippen LogP contribution < -0.4 is 10.5 Å². The van der Waals surface area contributed by atoms with E-state index in [1.54, 1.807) is 6.20 Å². The number of H-pyrrole nitrogens is 1. The highest BCUT2D eigenvalue weighted by atomic mass is 35.5. The summed E-state index contributed by atoms with van der Waals surface area (Å²) >= 11 is 6.13. The zero-order chi connectivity index (χ0) is 21.1. The van der Waals surface area contributed by atoms with Crippen LogP contribution in [0.15, 0.2) is 58.0 Å². The van der Waals surface area contributed by atoms with Crippen LogP contribution >= 0.6 is 11.6 Å². The maximum absolute atomic E-state index is 11.7. The molecule has 0 amide bonds. The van der Waals surface area contributed by atoms with Crippen LogP contribution in [0.1, 0.15) is 24.6 Å². The van der Waals surface area contributed by atoms with E-state index in [-0.39, 0.29) is 11.6 Å². The Morgan fingerprint density at radius 3 is 2.87 bits per heavy atom. The molecule has 1 aromatic carbocycles. The topological polar surface area (TPSA) is 92.8 Å². The van der Waals surface area contributed by atoms with E-state index >= 15 is 0 Å². The lowest BCUT2D eigenvalue weighted by molar-refractivity contribution is 0.412. The van der Waals surface area contributed by atoms with Crippen molar-refractivity contribution in [2.75, 3.05) is 4.90 Å². The third-order valence-electron chi connectivity index (χ3n) is 6.20. The molecule has 0 spiro atoms. The number of benzene rings is 1. The first kappa shape index (κ1) is 18.4. The maximum Gasteiger partial charge on any atom is 0.248 e. The molecule has 0 unspecified atom stereocenters. The van der Waals surface area contributed by atoms with Crippen molar-refractivity contribution in [3.63, 3.8) is 0 Å².